The van der Waals surface area contributed by atoms with E-state index in [1.165, 1.54) is 29.4 Å². The number of aryl methyl sites for hydroxylation is 1. The van der Waals surface area contributed by atoms with E-state index in [0.717, 1.165) is 25.3 Å². The van der Waals surface area contributed by atoms with Crippen LogP contribution >= 0.6 is 0 Å². The van der Waals surface area contributed by atoms with Gasteiger partial charge in [-0.15, -0.1) is 0 Å². The quantitative estimate of drug-likeness (QED) is 0.741. The maximum Gasteiger partial charge on any atom is 0.246 e. The first-order valence-electron chi connectivity index (χ1n) is 9.85. The van der Waals surface area contributed by atoms with Crippen LogP contribution in [0.4, 0.5) is 0 Å². The monoisotopic (exact) mass is 398 g/mol. The Morgan fingerprint density at radius 1 is 1.14 bits per heavy atom. The van der Waals surface area contributed by atoms with Gasteiger partial charge in [-0.2, -0.15) is 0 Å². The molecule has 1 N–H and O–H groups in total. The van der Waals surface area contributed by atoms with Crippen molar-refractivity contribution in [1.29, 1.82) is 0 Å². The van der Waals surface area contributed by atoms with Crippen molar-refractivity contribution in [2.75, 3.05) is 41.0 Å². The zero-order valence-corrected chi connectivity index (χ0v) is 17.7. The summed E-state index contributed by atoms with van der Waals surface area (Å²) in [6, 6.07) is 12.7. The molecule has 156 valence electrons. The van der Waals surface area contributed by atoms with Crippen LogP contribution in [0.1, 0.15) is 28.3 Å². The number of benzene rings is 2. The normalized spacial score (nSPS) is 16.2. The zero-order chi connectivity index (χ0) is 20.8. The Labute approximate surface area is 172 Å². The van der Waals surface area contributed by atoms with Crippen molar-refractivity contribution in [1.82, 2.24) is 10.2 Å². The minimum Gasteiger partial charge on any atom is -0.493 e. The van der Waals surface area contributed by atoms with E-state index in [9.17, 15) is 4.79 Å². The number of hydrogen-bond acceptors (Lipinski definition) is 5. The maximum absolute atomic E-state index is 12.0. The summed E-state index contributed by atoms with van der Waals surface area (Å²) in [6.45, 7) is 4.40. The van der Waals surface area contributed by atoms with Crippen LogP contribution in [0.5, 0.6) is 11.5 Å². The van der Waals surface area contributed by atoms with Crippen molar-refractivity contribution in [2.24, 2.45) is 0 Å². The summed E-state index contributed by atoms with van der Waals surface area (Å²) < 4.78 is 16.0. The maximum atomic E-state index is 12.0. The molecule has 6 heteroatoms. The number of hydrogen-bond donors (Lipinski definition) is 1. The fourth-order valence-electron chi connectivity index (χ4n) is 3.95. The fourth-order valence-corrected chi connectivity index (χ4v) is 3.95. The van der Waals surface area contributed by atoms with Crippen molar-refractivity contribution in [3.05, 3.63) is 58.7 Å². The highest BCUT2D eigenvalue weighted by Crippen LogP contribution is 2.38. The van der Waals surface area contributed by atoms with Crippen LogP contribution in [-0.2, 0) is 22.5 Å². The van der Waals surface area contributed by atoms with Gasteiger partial charge in [0.2, 0.25) is 5.91 Å². The summed E-state index contributed by atoms with van der Waals surface area (Å²) >= 11 is 0. The van der Waals surface area contributed by atoms with Gasteiger partial charge in [0.15, 0.2) is 11.5 Å². The van der Waals surface area contributed by atoms with Gasteiger partial charge in [0.25, 0.3) is 0 Å². The zero-order valence-electron chi connectivity index (χ0n) is 17.7. The predicted octanol–water partition coefficient (Wildman–Crippen LogP) is 2.87. The van der Waals surface area contributed by atoms with Gasteiger partial charge in [-0.3, -0.25) is 9.69 Å². The molecule has 0 saturated heterocycles. The third-order valence-electron chi connectivity index (χ3n) is 5.35. The molecular weight excluding hydrogens is 368 g/mol. The van der Waals surface area contributed by atoms with Crippen LogP contribution in [0.25, 0.3) is 0 Å². The summed E-state index contributed by atoms with van der Waals surface area (Å²) in [5, 5.41) is 3.01. The Balaban J connectivity index is 1.91. The molecule has 1 aliphatic heterocycles. The van der Waals surface area contributed by atoms with E-state index in [-0.39, 0.29) is 18.6 Å². The number of carbonyl (C=O) groups excluding carboxylic acids is 1. The average Bonchev–Trinajstić information content (AvgIpc) is 2.72. The number of ether oxygens (including phenoxy) is 3. The molecule has 0 aromatic heterocycles. The highest BCUT2D eigenvalue weighted by molar-refractivity contribution is 5.77. The SMILES string of the molecule is COCC(=O)NC[C@H]1c2cc(OC)c(OC)cc2CCN1Cc1cccc(C)c1. The fraction of sp³-hybridized carbons (Fsp3) is 0.435. The van der Waals surface area contributed by atoms with Crippen LogP contribution in [0.2, 0.25) is 0 Å². The topological polar surface area (TPSA) is 60.0 Å². The van der Waals surface area contributed by atoms with Gasteiger partial charge < -0.3 is 19.5 Å². The van der Waals surface area contributed by atoms with Gasteiger partial charge >= 0.3 is 0 Å². The van der Waals surface area contributed by atoms with E-state index in [1.807, 2.05) is 6.07 Å². The molecule has 29 heavy (non-hydrogen) atoms. The van der Waals surface area contributed by atoms with E-state index < -0.39 is 0 Å². The standard InChI is InChI=1S/C23H30N2O4/c1-16-6-5-7-17(10-16)14-25-9-8-18-11-21(28-3)22(29-4)12-19(18)20(25)13-24-23(26)15-27-2/h5-7,10-12,20H,8-9,13-15H2,1-4H3,(H,24,26)/t20-/m0/s1. The number of nitrogens with zero attached hydrogens (tertiary/aromatic N) is 1. The number of carbonyl (C=O) groups is 1. The molecule has 2 aromatic rings. The van der Waals surface area contributed by atoms with E-state index in [0.29, 0.717) is 12.3 Å². The van der Waals surface area contributed by atoms with Crippen LogP contribution in [-0.4, -0.2) is 51.8 Å². The van der Waals surface area contributed by atoms with Crippen LogP contribution in [0.15, 0.2) is 36.4 Å². The molecule has 0 saturated carbocycles. The van der Waals surface area contributed by atoms with Crippen LogP contribution in [0.3, 0.4) is 0 Å². The van der Waals surface area contributed by atoms with Crippen molar-refractivity contribution in [2.45, 2.75) is 25.9 Å². The number of nitrogens with one attached hydrogen (secondary N) is 1. The second kappa shape index (κ2) is 9.76. The average molecular weight is 399 g/mol. The number of fused-ring (bicyclic) bond motifs is 1. The minimum atomic E-state index is -0.115. The van der Waals surface area contributed by atoms with Gasteiger partial charge in [0.05, 0.1) is 20.3 Å². The summed E-state index contributed by atoms with van der Waals surface area (Å²) in [6.07, 6.45) is 0.921. The molecule has 1 atom stereocenters. The Hall–Kier alpha value is -2.57. The molecule has 0 fully saturated rings. The summed E-state index contributed by atoms with van der Waals surface area (Å²) in [5.41, 5.74) is 4.91. The van der Waals surface area contributed by atoms with E-state index in [4.69, 9.17) is 14.2 Å². The van der Waals surface area contributed by atoms with Gasteiger partial charge in [-0.25, -0.2) is 0 Å². The molecule has 6 nitrogen and oxygen atoms in total. The molecule has 0 spiro atoms. The Morgan fingerprint density at radius 2 is 1.90 bits per heavy atom. The van der Waals surface area contributed by atoms with Gasteiger partial charge in [-0.1, -0.05) is 29.8 Å². The first-order chi connectivity index (χ1) is 14.0. The molecule has 0 unspecified atom stereocenters. The number of methoxy groups -OCH3 is 3. The van der Waals surface area contributed by atoms with E-state index in [2.05, 4.69) is 47.5 Å². The second-order valence-corrected chi connectivity index (χ2v) is 7.37. The number of rotatable bonds is 8. The van der Waals surface area contributed by atoms with E-state index in [1.54, 1.807) is 14.2 Å². The lowest BCUT2D eigenvalue weighted by molar-refractivity contribution is -0.125. The summed E-state index contributed by atoms with van der Waals surface area (Å²) in [7, 11) is 4.82. The van der Waals surface area contributed by atoms with Crippen LogP contribution in [0, 0.1) is 6.92 Å². The lowest BCUT2D eigenvalue weighted by Gasteiger charge is -2.38. The Kier molecular flexibility index (Phi) is 7.12. The molecule has 1 aliphatic rings. The highest BCUT2D eigenvalue weighted by atomic mass is 16.5. The molecule has 3 rings (SSSR count). The molecular formula is C23H30N2O4. The number of amides is 1. The molecule has 1 heterocycles. The smallest absolute Gasteiger partial charge is 0.246 e. The first-order valence-corrected chi connectivity index (χ1v) is 9.85. The highest BCUT2D eigenvalue weighted by Gasteiger charge is 2.29. The van der Waals surface area contributed by atoms with Crippen molar-refractivity contribution < 1.29 is 19.0 Å². The third kappa shape index (κ3) is 5.08. The van der Waals surface area contributed by atoms with Crippen molar-refractivity contribution in [3.8, 4) is 11.5 Å². The molecule has 0 radical (unpaired) electrons. The lowest BCUT2D eigenvalue weighted by atomic mass is 9.91. The molecule has 1 amide bonds. The minimum absolute atomic E-state index is 0.0416. The lowest BCUT2D eigenvalue weighted by Crippen LogP contribution is -2.42. The van der Waals surface area contributed by atoms with Gasteiger partial charge in [0.1, 0.15) is 6.61 Å². The molecule has 2 aromatic carbocycles. The summed E-state index contributed by atoms with van der Waals surface area (Å²) in [5.74, 6) is 1.33. The third-order valence-corrected chi connectivity index (χ3v) is 5.35. The molecule has 0 aliphatic carbocycles. The van der Waals surface area contributed by atoms with Gasteiger partial charge in [0, 0.05) is 26.7 Å². The van der Waals surface area contributed by atoms with Crippen molar-refractivity contribution in [3.63, 3.8) is 0 Å². The Bertz CT molecular complexity index is 853. The van der Waals surface area contributed by atoms with Crippen LogP contribution < -0.4 is 14.8 Å². The summed E-state index contributed by atoms with van der Waals surface area (Å²) in [4.78, 5) is 14.4. The largest absolute Gasteiger partial charge is 0.493 e. The predicted molar refractivity (Wildman–Crippen MR) is 112 cm³/mol. The van der Waals surface area contributed by atoms with E-state index >= 15 is 0 Å². The van der Waals surface area contributed by atoms with Gasteiger partial charge in [-0.05, 0) is 42.2 Å². The first kappa shape index (κ1) is 21.1. The Morgan fingerprint density at radius 3 is 2.59 bits per heavy atom. The second-order valence-electron chi connectivity index (χ2n) is 7.37. The van der Waals surface area contributed by atoms with Crippen molar-refractivity contribution >= 4 is 5.91 Å². The molecule has 0 bridgehead atoms.